The predicted octanol–water partition coefficient (Wildman–Crippen LogP) is 1.80. The van der Waals surface area contributed by atoms with Crippen LogP contribution in [0, 0.1) is 0 Å². The molecule has 1 aromatic rings. The Morgan fingerprint density at radius 2 is 2.40 bits per heavy atom. The number of rotatable bonds is 8. The number of ether oxygens (including phenoxy) is 1. The zero-order chi connectivity index (χ0) is 10.9. The summed E-state index contributed by atoms with van der Waals surface area (Å²) >= 11 is 1.78. The van der Waals surface area contributed by atoms with E-state index in [9.17, 15) is 0 Å². The summed E-state index contributed by atoms with van der Waals surface area (Å²) in [6.07, 6.45) is 0.982. The highest BCUT2D eigenvalue weighted by Gasteiger charge is 2.03. The van der Waals surface area contributed by atoms with Gasteiger partial charge in [-0.3, -0.25) is 0 Å². The highest BCUT2D eigenvalue weighted by molar-refractivity contribution is 7.10. The molecule has 0 aliphatic heterocycles. The van der Waals surface area contributed by atoms with Crippen molar-refractivity contribution in [1.82, 2.24) is 5.32 Å². The third kappa shape index (κ3) is 5.28. The number of hydrogen-bond acceptors (Lipinski definition) is 4. The van der Waals surface area contributed by atoms with Crippen LogP contribution in [0.4, 0.5) is 0 Å². The van der Waals surface area contributed by atoms with Crippen molar-refractivity contribution in [3.8, 4) is 0 Å². The first-order valence-electron chi connectivity index (χ1n) is 5.30. The van der Waals surface area contributed by atoms with E-state index in [1.807, 2.05) is 0 Å². The van der Waals surface area contributed by atoms with Crippen LogP contribution in [0.3, 0.4) is 0 Å². The molecular formula is C11H19NO2S. The first kappa shape index (κ1) is 12.6. The van der Waals surface area contributed by atoms with Crippen molar-refractivity contribution in [2.24, 2.45) is 0 Å². The van der Waals surface area contributed by atoms with Gasteiger partial charge in [0.25, 0.3) is 0 Å². The van der Waals surface area contributed by atoms with E-state index in [1.165, 1.54) is 4.88 Å². The van der Waals surface area contributed by atoms with Gasteiger partial charge in [0, 0.05) is 17.5 Å². The Kier molecular flexibility index (Phi) is 6.59. The zero-order valence-electron chi connectivity index (χ0n) is 9.11. The van der Waals surface area contributed by atoms with Gasteiger partial charge in [0.1, 0.15) is 0 Å². The minimum Gasteiger partial charge on any atom is -0.394 e. The van der Waals surface area contributed by atoms with Gasteiger partial charge in [-0.05, 0) is 31.3 Å². The smallest absolute Gasteiger partial charge is 0.0697 e. The highest BCUT2D eigenvalue weighted by atomic mass is 32.1. The molecule has 0 spiro atoms. The summed E-state index contributed by atoms with van der Waals surface area (Å²) < 4.78 is 5.17. The quantitative estimate of drug-likeness (QED) is 0.668. The molecule has 4 heteroatoms. The molecule has 1 aromatic heterocycles. The third-order valence-electron chi connectivity index (χ3n) is 2.12. The molecule has 15 heavy (non-hydrogen) atoms. The molecule has 1 rings (SSSR count). The van der Waals surface area contributed by atoms with Gasteiger partial charge >= 0.3 is 0 Å². The minimum atomic E-state index is 0.110. The third-order valence-corrected chi connectivity index (χ3v) is 3.18. The van der Waals surface area contributed by atoms with E-state index in [4.69, 9.17) is 9.84 Å². The fourth-order valence-corrected chi connectivity index (χ4v) is 2.06. The molecule has 0 radical (unpaired) electrons. The van der Waals surface area contributed by atoms with Gasteiger partial charge in [-0.2, -0.15) is 0 Å². The Hall–Kier alpha value is -0.420. The molecule has 0 amide bonds. The van der Waals surface area contributed by atoms with Gasteiger partial charge in [0.05, 0.1) is 13.2 Å². The van der Waals surface area contributed by atoms with Crippen molar-refractivity contribution >= 4 is 11.3 Å². The normalized spacial score (nSPS) is 12.9. The fraction of sp³-hybridized carbons (Fsp3) is 0.636. The van der Waals surface area contributed by atoms with Gasteiger partial charge in [-0.15, -0.1) is 11.3 Å². The average molecular weight is 229 g/mol. The standard InChI is InChI=1S/C11H19NO2S/c1-10(11-4-2-9-15-11)12-5-3-7-14-8-6-13/h2,4,9-10,12-13H,3,5-8H2,1H3. The Balaban J connectivity index is 2.00. The maximum atomic E-state index is 8.50. The van der Waals surface area contributed by atoms with Crippen LogP contribution in [0.15, 0.2) is 17.5 Å². The summed E-state index contributed by atoms with van der Waals surface area (Å²) in [4.78, 5) is 1.37. The molecule has 1 atom stereocenters. The number of thiophene rings is 1. The summed E-state index contributed by atoms with van der Waals surface area (Å²) in [6.45, 7) is 4.38. The van der Waals surface area contributed by atoms with E-state index in [1.54, 1.807) is 11.3 Å². The molecule has 1 unspecified atom stereocenters. The molecule has 3 nitrogen and oxygen atoms in total. The maximum Gasteiger partial charge on any atom is 0.0697 e. The second kappa shape index (κ2) is 7.82. The number of hydrogen-bond donors (Lipinski definition) is 2. The lowest BCUT2D eigenvalue weighted by Gasteiger charge is -2.11. The largest absolute Gasteiger partial charge is 0.394 e. The van der Waals surface area contributed by atoms with Crippen LogP contribution in [-0.4, -0.2) is 31.5 Å². The highest BCUT2D eigenvalue weighted by Crippen LogP contribution is 2.17. The molecule has 2 N–H and O–H groups in total. The maximum absolute atomic E-state index is 8.50. The van der Waals surface area contributed by atoms with Crippen LogP contribution in [0.2, 0.25) is 0 Å². The van der Waals surface area contributed by atoms with E-state index in [-0.39, 0.29) is 6.61 Å². The van der Waals surface area contributed by atoms with Gasteiger partial charge in [-0.1, -0.05) is 6.07 Å². The lowest BCUT2D eigenvalue weighted by Crippen LogP contribution is -2.20. The second-order valence-corrected chi connectivity index (χ2v) is 4.36. The number of nitrogens with one attached hydrogen (secondary N) is 1. The lowest BCUT2D eigenvalue weighted by atomic mass is 10.2. The van der Waals surface area contributed by atoms with Crippen molar-refractivity contribution in [3.63, 3.8) is 0 Å². The van der Waals surface area contributed by atoms with E-state index in [0.29, 0.717) is 19.3 Å². The number of aliphatic hydroxyl groups excluding tert-OH is 1. The SMILES string of the molecule is CC(NCCCOCCO)c1cccs1. The van der Waals surface area contributed by atoms with Crippen LogP contribution in [0.25, 0.3) is 0 Å². The first-order valence-corrected chi connectivity index (χ1v) is 6.18. The Bertz CT molecular complexity index is 239. The van der Waals surface area contributed by atoms with Crippen LogP contribution in [0.1, 0.15) is 24.3 Å². The molecule has 0 aromatic carbocycles. The number of aliphatic hydroxyl groups is 1. The first-order chi connectivity index (χ1) is 7.34. The van der Waals surface area contributed by atoms with Gasteiger partial charge < -0.3 is 15.2 Å². The van der Waals surface area contributed by atoms with E-state index < -0.39 is 0 Å². The van der Waals surface area contributed by atoms with Crippen LogP contribution >= 0.6 is 11.3 Å². The zero-order valence-corrected chi connectivity index (χ0v) is 9.93. The van der Waals surface area contributed by atoms with Gasteiger partial charge in [-0.25, -0.2) is 0 Å². The van der Waals surface area contributed by atoms with Crippen LogP contribution < -0.4 is 5.32 Å². The minimum absolute atomic E-state index is 0.110. The van der Waals surface area contributed by atoms with Crippen molar-refractivity contribution in [2.45, 2.75) is 19.4 Å². The Morgan fingerprint density at radius 3 is 3.07 bits per heavy atom. The van der Waals surface area contributed by atoms with Gasteiger partial charge in [0.15, 0.2) is 0 Å². The molecule has 86 valence electrons. The van der Waals surface area contributed by atoms with Crippen molar-refractivity contribution in [2.75, 3.05) is 26.4 Å². The van der Waals surface area contributed by atoms with E-state index >= 15 is 0 Å². The summed E-state index contributed by atoms with van der Waals surface area (Å²) in [6, 6.07) is 4.63. The molecule has 0 aliphatic rings. The van der Waals surface area contributed by atoms with Crippen molar-refractivity contribution < 1.29 is 9.84 Å². The molecular weight excluding hydrogens is 210 g/mol. The van der Waals surface area contributed by atoms with Gasteiger partial charge in [0.2, 0.25) is 0 Å². The molecule has 1 heterocycles. The average Bonchev–Trinajstić information content (AvgIpc) is 2.76. The summed E-state index contributed by atoms with van der Waals surface area (Å²) in [5.41, 5.74) is 0. The fourth-order valence-electron chi connectivity index (χ4n) is 1.30. The molecule has 0 aliphatic carbocycles. The Labute approximate surface area is 95.1 Å². The Morgan fingerprint density at radius 1 is 1.53 bits per heavy atom. The van der Waals surface area contributed by atoms with E-state index in [2.05, 4.69) is 29.8 Å². The summed E-state index contributed by atoms with van der Waals surface area (Å²) in [5.74, 6) is 0. The topological polar surface area (TPSA) is 41.5 Å². The predicted molar refractivity (Wildman–Crippen MR) is 63.3 cm³/mol. The van der Waals surface area contributed by atoms with Crippen molar-refractivity contribution in [1.29, 1.82) is 0 Å². The van der Waals surface area contributed by atoms with Crippen LogP contribution in [-0.2, 0) is 4.74 Å². The monoisotopic (exact) mass is 229 g/mol. The van der Waals surface area contributed by atoms with E-state index in [0.717, 1.165) is 13.0 Å². The second-order valence-electron chi connectivity index (χ2n) is 3.38. The summed E-state index contributed by atoms with van der Waals surface area (Å²) in [7, 11) is 0. The van der Waals surface area contributed by atoms with Crippen LogP contribution in [0.5, 0.6) is 0 Å². The molecule has 0 saturated carbocycles. The molecule has 0 saturated heterocycles. The molecule has 0 fully saturated rings. The molecule has 0 bridgehead atoms. The lowest BCUT2D eigenvalue weighted by molar-refractivity contribution is 0.0905. The summed E-state index contributed by atoms with van der Waals surface area (Å²) in [5, 5.41) is 14.0. The van der Waals surface area contributed by atoms with Crippen molar-refractivity contribution in [3.05, 3.63) is 22.4 Å².